The van der Waals surface area contributed by atoms with Crippen molar-refractivity contribution in [3.05, 3.63) is 26.6 Å². The van der Waals surface area contributed by atoms with Crippen molar-refractivity contribution >= 4 is 37.8 Å². The van der Waals surface area contributed by atoms with Crippen LogP contribution in [-0.2, 0) is 11.3 Å². The highest BCUT2D eigenvalue weighted by molar-refractivity contribution is 9.11. The number of benzene rings is 1. The summed E-state index contributed by atoms with van der Waals surface area (Å²) in [7, 11) is 1.64. The molecule has 1 saturated heterocycles. The van der Waals surface area contributed by atoms with Crippen LogP contribution in [0.4, 0.5) is 0 Å². The van der Waals surface area contributed by atoms with Crippen LogP contribution < -0.4 is 10.1 Å². The topological polar surface area (TPSA) is 41.6 Å². The summed E-state index contributed by atoms with van der Waals surface area (Å²) in [5, 5.41) is 3.20. The number of methoxy groups -OCH3 is 1. The van der Waals surface area contributed by atoms with Gasteiger partial charge >= 0.3 is 0 Å². The molecule has 1 aromatic rings. The Morgan fingerprint density at radius 1 is 1.30 bits per heavy atom. The van der Waals surface area contributed by atoms with E-state index >= 15 is 0 Å². The van der Waals surface area contributed by atoms with Crippen LogP contribution in [0.25, 0.3) is 0 Å². The normalized spacial score (nSPS) is 14.7. The minimum atomic E-state index is 0.189. The van der Waals surface area contributed by atoms with E-state index in [2.05, 4.69) is 37.2 Å². The van der Waals surface area contributed by atoms with Gasteiger partial charge in [-0.05, 0) is 62.4 Å². The van der Waals surface area contributed by atoms with E-state index in [0.29, 0.717) is 13.1 Å². The van der Waals surface area contributed by atoms with E-state index in [4.69, 9.17) is 4.74 Å². The number of ether oxygens (including phenoxy) is 1. The average Bonchev–Trinajstić information content (AvgIpc) is 2.92. The molecule has 2 rings (SSSR count). The predicted octanol–water partition coefficient (Wildman–Crippen LogP) is 2.93. The number of carbonyl (C=O) groups excluding carboxylic acids is 1. The molecule has 0 aromatic heterocycles. The number of hydrogen-bond acceptors (Lipinski definition) is 3. The zero-order chi connectivity index (χ0) is 14.5. The molecule has 1 aliphatic rings. The average molecular weight is 406 g/mol. The highest BCUT2D eigenvalue weighted by atomic mass is 79.9. The highest BCUT2D eigenvalue weighted by Crippen LogP contribution is 2.34. The SMILES string of the molecule is COc1c(Br)cc(CNCC(=O)N2CCCC2)cc1Br. The van der Waals surface area contributed by atoms with Crippen molar-refractivity contribution < 1.29 is 9.53 Å². The van der Waals surface area contributed by atoms with Crippen molar-refractivity contribution in [3.8, 4) is 5.75 Å². The summed E-state index contributed by atoms with van der Waals surface area (Å²) in [5.74, 6) is 0.969. The molecule has 1 aliphatic heterocycles. The second-order valence-electron chi connectivity index (χ2n) is 4.78. The van der Waals surface area contributed by atoms with Gasteiger partial charge in [0.1, 0.15) is 5.75 Å². The van der Waals surface area contributed by atoms with Gasteiger partial charge in [0.15, 0.2) is 0 Å². The Kier molecular flexibility index (Phi) is 5.86. The third-order valence-corrected chi connectivity index (χ3v) is 4.50. The first-order chi connectivity index (χ1) is 9.61. The maximum Gasteiger partial charge on any atom is 0.236 e. The maximum absolute atomic E-state index is 11.9. The first kappa shape index (κ1) is 15.8. The molecule has 1 fully saturated rings. The van der Waals surface area contributed by atoms with Gasteiger partial charge in [0.25, 0.3) is 0 Å². The first-order valence-electron chi connectivity index (χ1n) is 6.62. The lowest BCUT2D eigenvalue weighted by atomic mass is 10.2. The van der Waals surface area contributed by atoms with E-state index < -0.39 is 0 Å². The first-order valence-corrected chi connectivity index (χ1v) is 8.21. The van der Waals surface area contributed by atoms with Crippen molar-refractivity contribution in [3.63, 3.8) is 0 Å². The van der Waals surface area contributed by atoms with E-state index in [1.807, 2.05) is 17.0 Å². The number of nitrogens with zero attached hydrogens (tertiary/aromatic N) is 1. The Labute approximate surface area is 136 Å². The highest BCUT2D eigenvalue weighted by Gasteiger charge is 2.17. The van der Waals surface area contributed by atoms with Crippen LogP contribution in [-0.4, -0.2) is 37.6 Å². The number of carbonyl (C=O) groups is 1. The van der Waals surface area contributed by atoms with Crippen LogP contribution in [0.3, 0.4) is 0 Å². The van der Waals surface area contributed by atoms with Crippen molar-refractivity contribution in [1.29, 1.82) is 0 Å². The molecule has 1 heterocycles. The Hall–Kier alpha value is -0.590. The lowest BCUT2D eigenvalue weighted by Gasteiger charge is -2.15. The number of amides is 1. The fourth-order valence-electron chi connectivity index (χ4n) is 2.30. The van der Waals surface area contributed by atoms with Gasteiger partial charge in [0.05, 0.1) is 22.6 Å². The van der Waals surface area contributed by atoms with Crippen LogP contribution in [0.1, 0.15) is 18.4 Å². The summed E-state index contributed by atoms with van der Waals surface area (Å²) in [6.45, 7) is 2.85. The molecule has 0 aliphatic carbocycles. The fraction of sp³-hybridized carbons (Fsp3) is 0.500. The zero-order valence-electron chi connectivity index (χ0n) is 11.4. The summed E-state index contributed by atoms with van der Waals surface area (Å²) < 4.78 is 7.07. The van der Waals surface area contributed by atoms with E-state index in [-0.39, 0.29) is 5.91 Å². The lowest BCUT2D eigenvalue weighted by Crippen LogP contribution is -2.35. The van der Waals surface area contributed by atoms with Gasteiger partial charge in [-0.15, -0.1) is 0 Å². The van der Waals surface area contributed by atoms with E-state index in [1.54, 1.807) is 7.11 Å². The Balaban J connectivity index is 1.86. The van der Waals surface area contributed by atoms with Crippen molar-refractivity contribution in [1.82, 2.24) is 10.2 Å². The Morgan fingerprint density at radius 2 is 1.90 bits per heavy atom. The molecule has 0 saturated carbocycles. The van der Waals surface area contributed by atoms with Gasteiger partial charge in [-0.25, -0.2) is 0 Å². The molecule has 6 heteroatoms. The van der Waals surface area contributed by atoms with Crippen molar-refractivity contribution in [2.24, 2.45) is 0 Å². The smallest absolute Gasteiger partial charge is 0.236 e. The molecule has 0 unspecified atom stereocenters. The molecule has 1 aromatic carbocycles. The second kappa shape index (κ2) is 7.43. The van der Waals surface area contributed by atoms with Crippen LogP contribution in [0.5, 0.6) is 5.75 Å². The summed E-state index contributed by atoms with van der Waals surface area (Å²) in [6, 6.07) is 3.99. The molecular formula is C14H18Br2N2O2. The van der Waals surface area contributed by atoms with Gasteiger partial charge in [0, 0.05) is 19.6 Å². The fourth-order valence-corrected chi connectivity index (χ4v) is 3.91. The molecule has 110 valence electrons. The molecule has 1 amide bonds. The standard InChI is InChI=1S/C14H18Br2N2O2/c1-20-14-11(15)6-10(7-12(14)16)8-17-9-13(19)18-4-2-3-5-18/h6-7,17H,2-5,8-9H2,1H3. The van der Waals surface area contributed by atoms with E-state index in [9.17, 15) is 4.79 Å². The molecule has 0 spiro atoms. The minimum Gasteiger partial charge on any atom is -0.494 e. The van der Waals surface area contributed by atoms with Crippen LogP contribution in [0, 0.1) is 0 Å². The number of rotatable bonds is 5. The Bertz CT molecular complexity index is 465. The van der Waals surface area contributed by atoms with Gasteiger partial charge in [0.2, 0.25) is 5.91 Å². The quantitative estimate of drug-likeness (QED) is 0.818. The molecular weight excluding hydrogens is 388 g/mol. The molecule has 0 radical (unpaired) electrons. The van der Waals surface area contributed by atoms with Gasteiger partial charge in [-0.3, -0.25) is 4.79 Å². The third-order valence-electron chi connectivity index (χ3n) is 3.33. The molecule has 0 atom stereocenters. The zero-order valence-corrected chi connectivity index (χ0v) is 14.6. The number of likely N-dealkylation sites (tertiary alicyclic amines) is 1. The molecule has 20 heavy (non-hydrogen) atoms. The second-order valence-corrected chi connectivity index (χ2v) is 6.49. The largest absolute Gasteiger partial charge is 0.494 e. The maximum atomic E-state index is 11.9. The summed E-state index contributed by atoms with van der Waals surface area (Å²) in [5.41, 5.74) is 1.10. The number of nitrogens with one attached hydrogen (secondary N) is 1. The third kappa shape index (κ3) is 3.96. The molecule has 4 nitrogen and oxygen atoms in total. The molecule has 0 bridgehead atoms. The predicted molar refractivity (Wildman–Crippen MR) is 85.9 cm³/mol. The summed E-state index contributed by atoms with van der Waals surface area (Å²) in [6.07, 6.45) is 2.26. The van der Waals surface area contributed by atoms with Crippen LogP contribution >= 0.6 is 31.9 Å². The Morgan fingerprint density at radius 3 is 2.45 bits per heavy atom. The number of hydrogen-bond donors (Lipinski definition) is 1. The molecule has 1 N–H and O–H groups in total. The summed E-state index contributed by atoms with van der Waals surface area (Å²) in [4.78, 5) is 13.8. The van der Waals surface area contributed by atoms with Crippen molar-refractivity contribution in [2.45, 2.75) is 19.4 Å². The van der Waals surface area contributed by atoms with Gasteiger partial charge < -0.3 is 15.0 Å². The van der Waals surface area contributed by atoms with E-state index in [0.717, 1.165) is 46.2 Å². The monoisotopic (exact) mass is 404 g/mol. The minimum absolute atomic E-state index is 0.189. The van der Waals surface area contributed by atoms with Crippen LogP contribution in [0.2, 0.25) is 0 Å². The summed E-state index contributed by atoms with van der Waals surface area (Å²) >= 11 is 6.95. The number of halogens is 2. The van der Waals surface area contributed by atoms with Gasteiger partial charge in [-0.1, -0.05) is 0 Å². The van der Waals surface area contributed by atoms with Crippen molar-refractivity contribution in [2.75, 3.05) is 26.7 Å². The lowest BCUT2D eigenvalue weighted by molar-refractivity contribution is -0.129. The van der Waals surface area contributed by atoms with Crippen LogP contribution in [0.15, 0.2) is 21.1 Å². The van der Waals surface area contributed by atoms with Gasteiger partial charge in [-0.2, -0.15) is 0 Å². The van der Waals surface area contributed by atoms with E-state index in [1.165, 1.54) is 0 Å².